The first-order valence-corrected chi connectivity index (χ1v) is 13.5. The van der Waals surface area contributed by atoms with Crippen LogP contribution in [-0.4, -0.2) is 0 Å². The summed E-state index contributed by atoms with van der Waals surface area (Å²) in [6, 6.07) is 16.6. The molecule has 0 radical (unpaired) electrons. The smallest absolute Gasteiger partial charge is 0.0175 e. The molecule has 0 nitrogen and oxygen atoms in total. The highest BCUT2D eigenvalue weighted by Crippen LogP contribution is 2.13. The normalized spacial score (nSPS) is 14.5. The molecular formula is C34H34Br2. The maximum atomic E-state index is 3.46. The molecule has 0 saturated carbocycles. The molecule has 0 unspecified atom stereocenters. The van der Waals surface area contributed by atoms with Crippen molar-refractivity contribution in [2.45, 2.75) is 27.7 Å². The summed E-state index contributed by atoms with van der Waals surface area (Å²) >= 11 is 6.93. The van der Waals surface area contributed by atoms with Crippen LogP contribution in [0.3, 0.4) is 0 Å². The van der Waals surface area contributed by atoms with Crippen molar-refractivity contribution in [3.63, 3.8) is 0 Å². The van der Waals surface area contributed by atoms with Crippen LogP contribution in [0.5, 0.6) is 0 Å². The molecule has 36 heavy (non-hydrogen) atoms. The summed E-state index contributed by atoms with van der Waals surface area (Å²) in [6.07, 6.45) is 29.5. The van der Waals surface area contributed by atoms with Gasteiger partial charge in [0.15, 0.2) is 0 Å². The minimum atomic E-state index is 1.09. The molecular weight excluding hydrogens is 568 g/mol. The Kier molecular flexibility index (Phi) is 13.6. The molecule has 0 N–H and O–H groups in total. The van der Waals surface area contributed by atoms with E-state index in [1.54, 1.807) is 0 Å². The Hall–Kier alpha value is -2.94. The third-order valence-corrected chi connectivity index (χ3v) is 6.14. The lowest BCUT2D eigenvalue weighted by Gasteiger charge is -1.94. The highest BCUT2D eigenvalue weighted by Gasteiger charge is 1.89. The summed E-state index contributed by atoms with van der Waals surface area (Å²) in [6.45, 7) is 8.42. The second-order valence-corrected chi connectivity index (χ2v) is 10.3. The topological polar surface area (TPSA) is 0 Å². The molecule has 0 aromatic heterocycles. The Morgan fingerprint density at radius 1 is 0.444 bits per heavy atom. The van der Waals surface area contributed by atoms with E-state index in [0.29, 0.717) is 0 Å². The van der Waals surface area contributed by atoms with Gasteiger partial charge in [0.1, 0.15) is 0 Å². The van der Waals surface area contributed by atoms with Gasteiger partial charge in [-0.05, 0) is 63.1 Å². The van der Waals surface area contributed by atoms with E-state index in [-0.39, 0.29) is 0 Å². The molecule has 184 valence electrons. The third kappa shape index (κ3) is 13.2. The van der Waals surface area contributed by atoms with E-state index in [1.165, 1.54) is 33.4 Å². The van der Waals surface area contributed by atoms with Crippen molar-refractivity contribution in [2.24, 2.45) is 0 Å². The van der Waals surface area contributed by atoms with Crippen LogP contribution in [0.2, 0.25) is 0 Å². The SMILES string of the molecule is CC(/C=C/C=C(C)/C=C/c1ccc(Br)cc1)=C\C=C\C=C(C)\C=C\C=C(C)\C=C\c1ccc(Br)cc1. The monoisotopic (exact) mass is 600 g/mol. The predicted octanol–water partition coefficient (Wildman–Crippen LogP) is 11.4. The average Bonchev–Trinajstić information content (AvgIpc) is 2.86. The highest BCUT2D eigenvalue weighted by molar-refractivity contribution is 9.10. The Morgan fingerprint density at radius 2 is 0.750 bits per heavy atom. The molecule has 0 heterocycles. The molecule has 0 fully saturated rings. The van der Waals surface area contributed by atoms with E-state index in [4.69, 9.17) is 0 Å². The van der Waals surface area contributed by atoms with E-state index in [9.17, 15) is 0 Å². The van der Waals surface area contributed by atoms with E-state index in [2.05, 4.69) is 193 Å². The van der Waals surface area contributed by atoms with Crippen LogP contribution in [0.1, 0.15) is 38.8 Å². The summed E-state index contributed by atoms with van der Waals surface area (Å²) in [5.74, 6) is 0. The summed E-state index contributed by atoms with van der Waals surface area (Å²) in [7, 11) is 0. The van der Waals surface area contributed by atoms with Gasteiger partial charge in [-0.3, -0.25) is 0 Å². The first-order valence-electron chi connectivity index (χ1n) is 11.9. The third-order valence-electron chi connectivity index (χ3n) is 5.08. The number of benzene rings is 2. The minimum absolute atomic E-state index is 1.09. The highest BCUT2D eigenvalue weighted by atomic mass is 79.9. The lowest BCUT2D eigenvalue weighted by Crippen LogP contribution is -1.72. The van der Waals surface area contributed by atoms with E-state index < -0.39 is 0 Å². The average molecular weight is 602 g/mol. The molecule has 0 spiro atoms. The van der Waals surface area contributed by atoms with E-state index in [0.717, 1.165) is 8.95 Å². The van der Waals surface area contributed by atoms with Crippen molar-refractivity contribution < 1.29 is 0 Å². The molecule has 0 aliphatic heterocycles. The van der Waals surface area contributed by atoms with Gasteiger partial charge in [0, 0.05) is 8.95 Å². The fourth-order valence-electron chi connectivity index (χ4n) is 2.94. The molecule has 0 atom stereocenters. The molecule has 2 aromatic carbocycles. The molecule has 0 amide bonds. The molecule has 0 bridgehead atoms. The predicted molar refractivity (Wildman–Crippen MR) is 169 cm³/mol. The zero-order valence-corrected chi connectivity index (χ0v) is 24.6. The van der Waals surface area contributed by atoms with Gasteiger partial charge >= 0.3 is 0 Å². The number of halogens is 2. The van der Waals surface area contributed by atoms with Crippen LogP contribution in [-0.2, 0) is 0 Å². The van der Waals surface area contributed by atoms with Crippen molar-refractivity contribution in [1.82, 2.24) is 0 Å². The number of rotatable bonds is 10. The fourth-order valence-corrected chi connectivity index (χ4v) is 3.47. The molecule has 2 rings (SSSR count). The van der Waals surface area contributed by atoms with Gasteiger partial charge in [-0.2, -0.15) is 0 Å². The molecule has 2 heteroatoms. The van der Waals surface area contributed by atoms with Crippen LogP contribution in [0.25, 0.3) is 12.2 Å². The van der Waals surface area contributed by atoms with Crippen LogP contribution >= 0.6 is 31.9 Å². The van der Waals surface area contributed by atoms with Crippen LogP contribution < -0.4 is 0 Å². The Bertz CT molecular complexity index is 1140. The standard InChI is InChI=1S/C34H34Br2/c1-27(11-7-13-29(3)15-17-31-19-23-33(35)24-20-31)9-5-6-10-28(2)12-8-14-30(4)16-18-32-21-25-34(36)26-22-32/h5-26H,1-4H3/b6-5+,11-7+,12-8+,17-15+,18-16+,27-9+,28-10+,29-13+,30-14+. The number of hydrogen-bond donors (Lipinski definition) is 0. The first-order chi connectivity index (χ1) is 17.3. The van der Waals surface area contributed by atoms with Gasteiger partial charge < -0.3 is 0 Å². The Morgan fingerprint density at radius 3 is 1.11 bits per heavy atom. The van der Waals surface area contributed by atoms with E-state index >= 15 is 0 Å². The van der Waals surface area contributed by atoms with Gasteiger partial charge in [-0.25, -0.2) is 0 Å². The van der Waals surface area contributed by atoms with Crippen molar-refractivity contribution in [2.75, 3.05) is 0 Å². The first kappa shape index (κ1) is 29.3. The largest absolute Gasteiger partial charge is 0.0620 e. The minimum Gasteiger partial charge on any atom is -0.0620 e. The fraction of sp³-hybridized carbons (Fsp3) is 0.118. The second-order valence-electron chi connectivity index (χ2n) is 8.52. The Labute approximate surface area is 234 Å². The zero-order valence-electron chi connectivity index (χ0n) is 21.5. The van der Waals surface area contributed by atoms with E-state index in [1.807, 2.05) is 0 Å². The maximum absolute atomic E-state index is 3.46. The van der Waals surface area contributed by atoms with Gasteiger partial charge in [-0.1, -0.05) is 163 Å². The van der Waals surface area contributed by atoms with Gasteiger partial charge in [-0.15, -0.1) is 0 Å². The summed E-state index contributed by atoms with van der Waals surface area (Å²) in [4.78, 5) is 0. The number of allylic oxidation sites excluding steroid dienone is 16. The van der Waals surface area contributed by atoms with Gasteiger partial charge in [0.05, 0.1) is 0 Å². The number of hydrogen-bond acceptors (Lipinski definition) is 0. The van der Waals surface area contributed by atoms with Crippen LogP contribution in [0.15, 0.2) is 153 Å². The van der Waals surface area contributed by atoms with Crippen molar-refractivity contribution in [1.29, 1.82) is 0 Å². The Balaban J connectivity index is 1.82. The summed E-state index contributed by atoms with van der Waals surface area (Å²) < 4.78 is 2.19. The van der Waals surface area contributed by atoms with Crippen molar-refractivity contribution in [3.05, 3.63) is 164 Å². The van der Waals surface area contributed by atoms with Crippen molar-refractivity contribution >= 4 is 44.0 Å². The summed E-state index contributed by atoms with van der Waals surface area (Å²) in [5, 5.41) is 0. The van der Waals surface area contributed by atoms with Gasteiger partial charge in [0.2, 0.25) is 0 Å². The van der Waals surface area contributed by atoms with Crippen molar-refractivity contribution in [3.8, 4) is 0 Å². The molecule has 0 aliphatic carbocycles. The van der Waals surface area contributed by atoms with Crippen LogP contribution in [0.4, 0.5) is 0 Å². The second kappa shape index (κ2) is 16.7. The lowest BCUT2D eigenvalue weighted by atomic mass is 10.1. The zero-order chi connectivity index (χ0) is 26.2. The molecule has 2 aromatic rings. The quantitative estimate of drug-likeness (QED) is 0.237. The maximum Gasteiger partial charge on any atom is 0.0175 e. The lowest BCUT2D eigenvalue weighted by molar-refractivity contribution is 1.49. The van der Waals surface area contributed by atoms with Gasteiger partial charge in [0.25, 0.3) is 0 Å². The molecule has 0 aliphatic rings. The van der Waals surface area contributed by atoms with Crippen LogP contribution in [0, 0.1) is 0 Å². The molecule has 0 saturated heterocycles. The summed E-state index contributed by atoms with van der Waals surface area (Å²) in [5.41, 5.74) is 7.18.